The number of fused-ring (bicyclic) bond motifs is 1. The van der Waals surface area contributed by atoms with Crippen molar-refractivity contribution in [2.45, 2.75) is 33.2 Å². The fraction of sp³-hybridized carbons (Fsp3) is 0.261. The molecule has 5 N–H and O–H groups in total. The summed E-state index contributed by atoms with van der Waals surface area (Å²) < 4.78 is 0. The van der Waals surface area contributed by atoms with Crippen molar-refractivity contribution in [1.29, 1.82) is 0 Å². The maximum atomic E-state index is 11.7. The summed E-state index contributed by atoms with van der Waals surface area (Å²) in [5, 5.41) is 8.29. The lowest BCUT2D eigenvalue weighted by atomic mass is 9.90. The van der Waals surface area contributed by atoms with Gasteiger partial charge >= 0.3 is 0 Å². The van der Waals surface area contributed by atoms with E-state index in [0.29, 0.717) is 18.0 Å². The number of rotatable bonds is 8. The molecule has 156 valence electrons. The summed E-state index contributed by atoms with van der Waals surface area (Å²) in [5.41, 5.74) is 18.3. The zero-order valence-corrected chi connectivity index (χ0v) is 17.5. The van der Waals surface area contributed by atoms with Gasteiger partial charge in [-0.25, -0.2) is 0 Å². The van der Waals surface area contributed by atoms with Crippen molar-refractivity contribution in [3.05, 3.63) is 59.3 Å². The van der Waals surface area contributed by atoms with Crippen LogP contribution in [0.5, 0.6) is 0 Å². The van der Waals surface area contributed by atoms with E-state index < -0.39 is 5.91 Å². The summed E-state index contributed by atoms with van der Waals surface area (Å²) in [7, 11) is 0. The van der Waals surface area contributed by atoms with E-state index in [-0.39, 0.29) is 18.7 Å². The summed E-state index contributed by atoms with van der Waals surface area (Å²) in [6.45, 7) is 10.2. The Kier molecular flexibility index (Phi) is 5.91. The lowest BCUT2D eigenvalue weighted by Crippen LogP contribution is -2.29. The van der Waals surface area contributed by atoms with Gasteiger partial charge in [-0.3, -0.25) is 14.7 Å². The number of nitrogen functional groups attached to an aromatic ring is 1. The van der Waals surface area contributed by atoms with Crippen LogP contribution in [0, 0.1) is 6.92 Å². The highest BCUT2D eigenvalue weighted by atomic mass is 16.1. The van der Waals surface area contributed by atoms with Gasteiger partial charge in [-0.05, 0) is 58.9 Å². The standard InChI is InChI=1S/C23H27N5O2/c1-13(2)19-8-16(7-17-9-26-27-22(17)19)18-5-6-21(24)15(4)20(18)11-28(12-29)10-14(3)23(25)30/h5-9,12-13H,3,10-11,24H2,1-2,4H3,(H2,25,30)(H,26,27). The molecule has 0 bridgehead atoms. The Morgan fingerprint density at radius 3 is 2.70 bits per heavy atom. The fourth-order valence-corrected chi connectivity index (χ4v) is 3.60. The Balaban J connectivity index is 2.12. The van der Waals surface area contributed by atoms with Gasteiger partial charge in [-0.1, -0.05) is 26.5 Å². The summed E-state index contributed by atoms with van der Waals surface area (Å²) in [4.78, 5) is 24.5. The smallest absolute Gasteiger partial charge is 0.245 e. The van der Waals surface area contributed by atoms with E-state index in [9.17, 15) is 9.59 Å². The van der Waals surface area contributed by atoms with E-state index in [1.54, 1.807) is 0 Å². The number of primary amides is 1. The monoisotopic (exact) mass is 405 g/mol. The number of aromatic nitrogens is 2. The minimum atomic E-state index is -0.627. The van der Waals surface area contributed by atoms with E-state index in [1.165, 1.54) is 4.90 Å². The van der Waals surface area contributed by atoms with Crippen LogP contribution in [-0.2, 0) is 16.1 Å². The number of hydrogen-bond acceptors (Lipinski definition) is 4. The minimum Gasteiger partial charge on any atom is -0.399 e. The molecule has 0 unspecified atom stereocenters. The van der Waals surface area contributed by atoms with Crippen LogP contribution in [-0.4, -0.2) is 34.0 Å². The second-order valence-electron chi connectivity index (χ2n) is 7.84. The van der Waals surface area contributed by atoms with Gasteiger partial charge in [0.15, 0.2) is 0 Å². The van der Waals surface area contributed by atoms with Crippen molar-refractivity contribution in [3.63, 3.8) is 0 Å². The zero-order chi connectivity index (χ0) is 22.0. The van der Waals surface area contributed by atoms with Crippen LogP contribution in [0.15, 0.2) is 42.6 Å². The molecule has 0 radical (unpaired) electrons. The van der Waals surface area contributed by atoms with Crippen LogP contribution in [0.2, 0.25) is 0 Å². The molecular formula is C23H27N5O2. The Morgan fingerprint density at radius 1 is 1.33 bits per heavy atom. The topological polar surface area (TPSA) is 118 Å². The predicted octanol–water partition coefficient (Wildman–Crippen LogP) is 3.24. The van der Waals surface area contributed by atoms with Gasteiger partial charge in [-0.2, -0.15) is 5.10 Å². The molecule has 30 heavy (non-hydrogen) atoms. The summed E-state index contributed by atoms with van der Waals surface area (Å²) in [6, 6.07) is 8.06. The normalized spacial score (nSPS) is 11.1. The van der Waals surface area contributed by atoms with Gasteiger partial charge in [0.1, 0.15) is 0 Å². The third-order valence-electron chi connectivity index (χ3n) is 5.41. The Morgan fingerprint density at radius 2 is 2.07 bits per heavy atom. The molecule has 0 saturated heterocycles. The summed E-state index contributed by atoms with van der Waals surface area (Å²) in [5.74, 6) is -0.324. The maximum absolute atomic E-state index is 11.7. The third kappa shape index (κ3) is 4.05. The molecule has 0 saturated carbocycles. The molecule has 7 nitrogen and oxygen atoms in total. The number of hydrogen-bond donors (Lipinski definition) is 3. The van der Waals surface area contributed by atoms with Crippen LogP contribution >= 0.6 is 0 Å². The molecule has 3 aromatic rings. The van der Waals surface area contributed by atoms with Crippen molar-refractivity contribution in [2.75, 3.05) is 12.3 Å². The molecule has 3 rings (SSSR count). The molecule has 1 heterocycles. The minimum absolute atomic E-state index is 0.0600. The van der Waals surface area contributed by atoms with Gasteiger partial charge in [0, 0.05) is 23.2 Å². The Hall–Kier alpha value is -3.61. The highest BCUT2D eigenvalue weighted by Crippen LogP contribution is 2.35. The average Bonchev–Trinajstić information content (AvgIpc) is 3.18. The molecule has 0 aliphatic rings. The third-order valence-corrected chi connectivity index (χ3v) is 5.41. The van der Waals surface area contributed by atoms with Gasteiger partial charge in [0.2, 0.25) is 12.3 Å². The van der Waals surface area contributed by atoms with Gasteiger partial charge < -0.3 is 16.4 Å². The van der Waals surface area contributed by atoms with Gasteiger partial charge in [-0.15, -0.1) is 0 Å². The number of carbonyl (C=O) groups excluding carboxylic acids is 2. The summed E-state index contributed by atoms with van der Waals surface area (Å²) in [6.07, 6.45) is 2.50. The quantitative estimate of drug-likeness (QED) is 0.303. The number of H-pyrrole nitrogens is 1. The maximum Gasteiger partial charge on any atom is 0.245 e. The Bertz CT molecular complexity index is 1130. The molecule has 2 aromatic carbocycles. The van der Waals surface area contributed by atoms with Crippen LogP contribution in [0.25, 0.3) is 22.0 Å². The van der Waals surface area contributed by atoms with Crippen molar-refractivity contribution in [3.8, 4) is 11.1 Å². The van der Waals surface area contributed by atoms with Crippen LogP contribution in [0.4, 0.5) is 5.69 Å². The van der Waals surface area contributed by atoms with Crippen molar-refractivity contribution in [2.24, 2.45) is 5.73 Å². The van der Waals surface area contributed by atoms with Gasteiger partial charge in [0.05, 0.1) is 18.3 Å². The number of anilines is 1. The molecule has 0 aliphatic carbocycles. The number of nitrogens with one attached hydrogen (secondary N) is 1. The molecule has 0 aliphatic heterocycles. The number of nitrogens with two attached hydrogens (primary N) is 2. The molecule has 0 atom stereocenters. The molecule has 0 spiro atoms. The zero-order valence-electron chi connectivity index (χ0n) is 17.5. The fourth-order valence-electron chi connectivity index (χ4n) is 3.60. The molecule has 7 heteroatoms. The largest absolute Gasteiger partial charge is 0.399 e. The first-order valence-corrected chi connectivity index (χ1v) is 9.75. The first-order chi connectivity index (χ1) is 14.2. The predicted molar refractivity (Wildman–Crippen MR) is 120 cm³/mol. The van der Waals surface area contributed by atoms with Crippen LogP contribution in [0.1, 0.15) is 36.5 Å². The van der Waals surface area contributed by atoms with Crippen LogP contribution in [0.3, 0.4) is 0 Å². The van der Waals surface area contributed by atoms with Crippen molar-refractivity contribution in [1.82, 2.24) is 15.1 Å². The van der Waals surface area contributed by atoms with E-state index in [0.717, 1.165) is 38.7 Å². The van der Waals surface area contributed by atoms with E-state index in [1.807, 2.05) is 25.3 Å². The van der Waals surface area contributed by atoms with Crippen molar-refractivity contribution < 1.29 is 9.59 Å². The highest BCUT2D eigenvalue weighted by molar-refractivity contribution is 5.92. The van der Waals surface area contributed by atoms with Crippen LogP contribution < -0.4 is 11.5 Å². The first-order valence-electron chi connectivity index (χ1n) is 9.75. The SMILES string of the molecule is C=C(CN(C=O)Cc1c(-c2cc(C(C)C)c3[nH]ncc3c2)ccc(N)c1C)C(N)=O. The average molecular weight is 406 g/mol. The number of benzene rings is 2. The second-order valence-corrected chi connectivity index (χ2v) is 7.84. The first kappa shape index (κ1) is 21.1. The number of aromatic amines is 1. The summed E-state index contributed by atoms with van der Waals surface area (Å²) >= 11 is 0. The van der Waals surface area contributed by atoms with E-state index >= 15 is 0 Å². The molecule has 0 fully saturated rings. The Labute approximate surface area is 175 Å². The molecule has 2 amide bonds. The second kappa shape index (κ2) is 8.41. The van der Waals surface area contributed by atoms with E-state index in [4.69, 9.17) is 11.5 Å². The lowest BCUT2D eigenvalue weighted by Gasteiger charge is -2.23. The van der Waals surface area contributed by atoms with Crippen molar-refractivity contribution >= 4 is 28.9 Å². The number of carbonyl (C=O) groups is 2. The van der Waals surface area contributed by atoms with Gasteiger partial charge in [0.25, 0.3) is 0 Å². The molecule has 1 aromatic heterocycles. The lowest BCUT2D eigenvalue weighted by molar-refractivity contribution is -0.118. The van der Waals surface area contributed by atoms with E-state index in [2.05, 4.69) is 42.8 Å². The number of amides is 2. The highest BCUT2D eigenvalue weighted by Gasteiger charge is 2.18. The number of nitrogens with zero attached hydrogens (tertiary/aromatic N) is 2. The molecular weight excluding hydrogens is 378 g/mol.